The molecule has 0 saturated heterocycles. The predicted octanol–water partition coefficient (Wildman–Crippen LogP) is 6.58. The third-order valence-electron chi connectivity index (χ3n) is 5.26. The van der Waals surface area contributed by atoms with Gasteiger partial charge in [0.25, 0.3) is 0 Å². The minimum absolute atomic E-state index is 0.171. The van der Waals surface area contributed by atoms with E-state index in [-0.39, 0.29) is 12.1 Å². The molecule has 0 aliphatic rings. The number of benzene rings is 3. The molecule has 0 aliphatic heterocycles. The van der Waals surface area contributed by atoms with Crippen LogP contribution in [0.25, 0.3) is 10.9 Å². The fraction of sp³-hybridized carbons (Fsp3) is 0.154. The Kier molecular flexibility index (Phi) is 7.04. The monoisotopic (exact) mass is 477 g/mol. The highest BCUT2D eigenvalue weighted by Crippen LogP contribution is 2.37. The molecule has 0 bridgehead atoms. The predicted molar refractivity (Wildman–Crippen MR) is 133 cm³/mol. The number of halogens is 1. The zero-order chi connectivity index (χ0) is 24.1. The quantitative estimate of drug-likeness (QED) is 0.314. The van der Waals surface area contributed by atoms with E-state index in [1.807, 2.05) is 25.1 Å². The Labute approximate surface area is 202 Å². The molecule has 0 fully saturated rings. The maximum atomic E-state index is 12.4. The van der Waals surface area contributed by atoms with Crippen LogP contribution in [0.3, 0.4) is 0 Å². The SMILES string of the molecule is COc1cc2nccc(Oc3ccc(NC(=O)N[C@@H](C)c4ccc(Cl)cc4)cc3)c2cc1OC. The first-order valence-electron chi connectivity index (χ1n) is 10.6. The molecular weight excluding hydrogens is 454 g/mol. The molecule has 8 heteroatoms. The highest BCUT2D eigenvalue weighted by Gasteiger charge is 2.12. The lowest BCUT2D eigenvalue weighted by molar-refractivity contribution is 0.249. The Morgan fingerprint density at radius 1 is 0.912 bits per heavy atom. The van der Waals surface area contributed by atoms with Gasteiger partial charge in [0, 0.05) is 28.4 Å². The summed E-state index contributed by atoms with van der Waals surface area (Å²) in [5.74, 6) is 2.42. The number of amides is 2. The van der Waals surface area contributed by atoms with Crippen molar-refractivity contribution in [2.24, 2.45) is 0 Å². The van der Waals surface area contributed by atoms with Crippen molar-refractivity contribution in [3.8, 4) is 23.0 Å². The molecule has 4 aromatic rings. The molecule has 3 aromatic carbocycles. The van der Waals surface area contributed by atoms with Crippen molar-refractivity contribution in [2.75, 3.05) is 19.5 Å². The van der Waals surface area contributed by atoms with Gasteiger partial charge in [-0.15, -0.1) is 0 Å². The first-order valence-corrected chi connectivity index (χ1v) is 11.0. The zero-order valence-electron chi connectivity index (χ0n) is 19.0. The largest absolute Gasteiger partial charge is 0.493 e. The van der Waals surface area contributed by atoms with E-state index in [1.165, 1.54) is 0 Å². The number of anilines is 1. The van der Waals surface area contributed by atoms with Crippen molar-refractivity contribution < 1.29 is 19.0 Å². The Hall–Kier alpha value is -3.97. The molecule has 0 radical (unpaired) electrons. The van der Waals surface area contributed by atoms with E-state index in [2.05, 4.69) is 15.6 Å². The van der Waals surface area contributed by atoms with E-state index >= 15 is 0 Å². The summed E-state index contributed by atoms with van der Waals surface area (Å²) in [6.45, 7) is 1.91. The number of nitrogens with zero attached hydrogens (tertiary/aromatic N) is 1. The molecule has 0 unspecified atom stereocenters. The first-order chi connectivity index (χ1) is 16.5. The van der Waals surface area contributed by atoms with Crippen LogP contribution in [0.4, 0.5) is 10.5 Å². The fourth-order valence-electron chi connectivity index (χ4n) is 3.47. The molecule has 4 rings (SSSR count). The third-order valence-corrected chi connectivity index (χ3v) is 5.52. The number of urea groups is 1. The van der Waals surface area contributed by atoms with E-state index in [0.717, 1.165) is 16.5 Å². The number of hydrogen-bond acceptors (Lipinski definition) is 5. The Morgan fingerprint density at radius 2 is 1.59 bits per heavy atom. The maximum absolute atomic E-state index is 12.4. The van der Waals surface area contributed by atoms with E-state index in [0.29, 0.717) is 33.7 Å². The second-order valence-corrected chi connectivity index (χ2v) is 7.97. The summed E-state index contributed by atoms with van der Waals surface area (Å²) in [5, 5.41) is 7.18. The van der Waals surface area contributed by atoms with E-state index in [9.17, 15) is 4.79 Å². The summed E-state index contributed by atoms with van der Waals surface area (Å²) in [6, 6.07) is 19.4. The summed E-state index contributed by atoms with van der Waals surface area (Å²) >= 11 is 5.92. The first kappa shape index (κ1) is 23.2. The summed E-state index contributed by atoms with van der Waals surface area (Å²) in [7, 11) is 3.16. The number of aromatic nitrogens is 1. The third kappa shape index (κ3) is 5.32. The summed E-state index contributed by atoms with van der Waals surface area (Å²) in [4.78, 5) is 16.8. The van der Waals surface area contributed by atoms with Crippen molar-refractivity contribution >= 4 is 34.2 Å². The molecule has 174 valence electrons. The molecule has 7 nitrogen and oxygen atoms in total. The standard InChI is InChI=1S/C26H24ClN3O4/c1-16(17-4-6-18(27)7-5-17)29-26(31)30-19-8-10-20(11-9-19)34-23-12-13-28-22-15-25(33-3)24(32-2)14-21(22)23/h4-16H,1-3H3,(H2,29,30,31)/t16-/m0/s1. The molecule has 2 N–H and O–H groups in total. The maximum Gasteiger partial charge on any atom is 0.319 e. The van der Waals surface area contributed by atoms with Gasteiger partial charge < -0.3 is 24.8 Å². The number of ether oxygens (including phenoxy) is 3. The van der Waals surface area contributed by atoms with Gasteiger partial charge in [-0.05, 0) is 61.0 Å². The van der Waals surface area contributed by atoms with Crippen LogP contribution in [0, 0.1) is 0 Å². The van der Waals surface area contributed by atoms with Crippen LogP contribution in [0.1, 0.15) is 18.5 Å². The number of nitrogens with one attached hydrogen (secondary N) is 2. The summed E-state index contributed by atoms with van der Waals surface area (Å²) in [6.07, 6.45) is 1.67. The fourth-order valence-corrected chi connectivity index (χ4v) is 3.59. The van der Waals surface area contributed by atoms with Gasteiger partial charge in [-0.2, -0.15) is 0 Å². The normalized spacial score (nSPS) is 11.5. The summed E-state index contributed by atoms with van der Waals surface area (Å²) in [5.41, 5.74) is 2.32. The molecule has 1 atom stereocenters. The van der Waals surface area contributed by atoms with Gasteiger partial charge in [0.05, 0.1) is 25.8 Å². The topological polar surface area (TPSA) is 81.7 Å². The number of rotatable bonds is 7. The van der Waals surface area contributed by atoms with Crippen LogP contribution in [0.2, 0.25) is 5.02 Å². The van der Waals surface area contributed by atoms with Crippen LogP contribution < -0.4 is 24.8 Å². The van der Waals surface area contributed by atoms with E-state index in [4.69, 9.17) is 25.8 Å². The molecule has 0 spiro atoms. The molecular formula is C26H24ClN3O4. The Bertz CT molecular complexity index is 1290. The van der Waals surface area contributed by atoms with Crippen LogP contribution >= 0.6 is 11.6 Å². The van der Waals surface area contributed by atoms with Gasteiger partial charge in [-0.1, -0.05) is 23.7 Å². The van der Waals surface area contributed by atoms with Crippen LogP contribution in [-0.2, 0) is 0 Å². The van der Waals surface area contributed by atoms with Crippen LogP contribution in [0.15, 0.2) is 72.9 Å². The molecule has 34 heavy (non-hydrogen) atoms. The second-order valence-electron chi connectivity index (χ2n) is 7.53. The lowest BCUT2D eigenvalue weighted by Crippen LogP contribution is -2.31. The van der Waals surface area contributed by atoms with Gasteiger partial charge in [-0.3, -0.25) is 4.98 Å². The summed E-state index contributed by atoms with van der Waals surface area (Å²) < 4.78 is 16.8. The van der Waals surface area contributed by atoms with Gasteiger partial charge in [-0.25, -0.2) is 4.79 Å². The van der Waals surface area contributed by atoms with Gasteiger partial charge in [0.1, 0.15) is 11.5 Å². The van der Waals surface area contributed by atoms with Crippen LogP contribution in [0.5, 0.6) is 23.0 Å². The Balaban J connectivity index is 1.43. The zero-order valence-corrected chi connectivity index (χ0v) is 19.7. The average Bonchev–Trinajstić information content (AvgIpc) is 2.84. The lowest BCUT2D eigenvalue weighted by atomic mass is 10.1. The minimum atomic E-state index is -0.308. The number of fused-ring (bicyclic) bond motifs is 1. The van der Waals surface area contributed by atoms with Gasteiger partial charge in [0.15, 0.2) is 11.5 Å². The molecule has 1 heterocycles. The van der Waals surface area contributed by atoms with Crippen molar-refractivity contribution in [1.29, 1.82) is 0 Å². The average molecular weight is 478 g/mol. The number of carbonyl (C=O) groups excluding carboxylic acids is 1. The molecule has 0 saturated carbocycles. The lowest BCUT2D eigenvalue weighted by Gasteiger charge is -2.15. The van der Waals surface area contributed by atoms with Crippen molar-refractivity contribution in [3.05, 3.63) is 83.5 Å². The number of hydrogen-bond donors (Lipinski definition) is 2. The van der Waals surface area contributed by atoms with Crippen LogP contribution in [-0.4, -0.2) is 25.2 Å². The Morgan fingerprint density at radius 3 is 2.26 bits per heavy atom. The number of carbonyl (C=O) groups is 1. The smallest absolute Gasteiger partial charge is 0.319 e. The highest BCUT2D eigenvalue weighted by atomic mass is 35.5. The molecule has 0 aliphatic carbocycles. The number of methoxy groups -OCH3 is 2. The van der Waals surface area contributed by atoms with Crippen molar-refractivity contribution in [1.82, 2.24) is 10.3 Å². The van der Waals surface area contributed by atoms with Crippen molar-refractivity contribution in [3.63, 3.8) is 0 Å². The minimum Gasteiger partial charge on any atom is -0.493 e. The van der Waals surface area contributed by atoms with Crippen molar-refractivity contribution in [2.45, 2.75) is 13.0 Å². The van der Waals surface area contributed by atoms with E-state index < -0.39 is 0 Å². The molecule has 2 amide bonds. The van der Waals surface area contributed by atoms with Gasteiger partial charge >= 0.3 is 6.03 Å². The van der Waals surface area contributed by atoms with Gasteiger partial charge in [0.2, 0.25) is 0 Å². The second kappa shape index (κ2) is 10.3. The van der Waals surface area contributed by atoms with E-state index in [1.54, 1.807) is 68.9 Å². The number of pyridine rings is 1. The molecule has 1 aromatic heterocycles. The highest BCUT2D eigenvalue weighted by molar-refractivity contribution is 6.30.